The highest BCUT2D eigenvalue weighted by Gasteiger charge is 2.21. The molecule has 1 aromatic carbocycles. The molecule has 7 nitrogen and oxygen atoms in total. The normalized spacial score (nSPS) is 13.9. The van der Waals surface area contributed by atoms with Crippen LogP contribution in [0.1, 0.15) is 13.8 Å². The zero-order valence-electron chi connectivity index (χ0n) is 11.0. The summed E-state index contributed by atoms with van der Waals surface area (Å²) in [6, 6.07) is 3.70. The van der Waals surface area contributed by atoms with E-state index in [1.807, 2.05) is 0 Å². The lowest BCUT2D eigenvalue weighted by atomic mass is 10.4. The molecule has 20 heavy (non-hydrogen) atoms. The maximum absolute atomic E-state index is 11.9. The topological polar surface area (TPSA) is 123 Å². The number of hydrogen-bond donors (Lipinski definition) is 2. The number of carbonyl (C=O) groups excluding carboxylic acids is 1. The molecule has 0 bridgehead atoms. The number of rotatable bonds is 6. The highest BCUT2D eigenvalue weighted by Crippen LogP contribution is 2.15. The number of sulfone groups is 1. The van der Waals surface area contributed by atoms with Crippen LogP contribution in [0.5, 0.6) is 0 Å². The van der Waals surface area contributed by atoms with Crippen LogP contribution >= 0.6 is 0 Å². The minimum absolute atomic E-state index is 0.0434. The number of benzene rings is 1. The van der Waals surface area contributed by atoms with Crippen LogP contribution in [-0.2, 0) is 24.7 Å². The van der Waals surface area contributed by atoms with Gasteiger partial charge in [-0.1, -0.05) is 6.92 Å². The van der Waals surface area contributed by atoms with Crippen molar-refractivity contribution in [2.24, 2.45) is 5.73 Å². The molecule has 1 aromatic rings. The van der Waals surface area contributed by atoms with Crippen molar-refractivity contribution in [2.45, 2.75) is 29.7 Å². The third-order valence-corrected chi connectivity index (χ3v) is 5.94. The number of primary amides is 1. The molecule has 9 heteroatoms. The third-order valence-electron chi connectivity index (χ3n) is 2.63. The number of nitrogens with two attached hydrogens (primary N) is 1. The first kappa shape index (κ1) is 16.6. The van der Waals surface area contributed by atoms with Gasteiger partial charge < -0.3 is 5.73 Å². The van der Waals surface area contributed by atoms with Crippen molar-refractivity contribution in [2.75, 3.05) is 5.75 Å². The Morgan fingerprint density at radius 2 is 1.60 bits per heavy atom. The van der Waals surface area contributed by atoms with E-state index in [0.717, 1.165) is 0 Å². The Labute approximate surface area is 118 Å². The van der Waals surface area contributed by atoms with Gasteiger partial charge in [-0.05, 0) is 31.2 Å². The summed E-state index contributed by atoms with van der Waals surface area (Å²) >= 11 is 0. The average Bonchev–Trinajstić information content (AvgIpc) is 2.38. The first-order valence-corrected chi connectivity index (χ1v) is 8.88. The number of hydrogen-bond acceptors (Lipinski definition) is 5. The summed E-state index contributed by atoms with van der Waals surface area (Å²) in [6.07, 6.45) is 0. The lowest BCUT2D eigenvalue weighted by Gasteiger charge is -2.11. The Bertz CT molecular complexity index is 693. The van der Waals surface area contributed by atoms with E-state index in [-0.39, 0.29) is 15.5 Å². The molecule has 1 atom stereocenters. The molecule has 0 saturated heterocycles. The molecule has 112 valence electrons. The Kier molecular flexibility index (Phi) is 4.90. The molecule has 0 fully saturated rings. The van der Waals surface area contributed by atoms with E-state index in [0.29, 0.717) is 0 Å². The summed E-state index contributed by atoms with van der Waals surface area (Å²) in [6.45, 7) is 2.81. The van der Waals surface area contributed by atoms with Gasteiger partial charge in [-0.2, -0.15) is 4.72 Å². The monoisotopic (exact) mass is 320 g/mol. The fourth-order valence-corrected chi connectivity index (χ4v) is 3.45. The summed E-state index contributed by atoms with van der Waals surface area (Å²) in [5.41, 5.74) is 4.98. The molecule has 1 amide bonds. The van der Waals surface area contributed by atoms with E-state index < -0.39 is 31.8 Å². The zero-order chi connectivity index (χ0) is 15.6. The smallest absolute Gasteiger partial charge is 0.241 e. The van der Waals surface area contributed by atoms with Gasteiger partial charge in [0.25, 0.3) is 0 Å². The summed E-state index contributed by atoms with van der Waals surface area (Å²) in [5, 5.41) is 0. The lowest BCUT2D eigenvalue weighted by molar-refractivity contribution is -0.119. The van der Waals surface area contributed by atoms with Crippen LogP contribution < -0.4 is 10.5 Å². The second-order valence-corrected chi connectivity index (χ2v) is 8.11. The minimum atomic E-state index is -3.92. The van der Waals surface area contributed by atoms with Gasteiger partial charge in [0.2, 0.25) is 15.9 Å². The molecule has 3 N–H and O–H groups in total. The number of amides is 1. The Hall–Kier alpha value is -1.45. The molecule has 0 saturated carbocycles. The molecule has 0 aliphatic heterocycles. The van der Waals surface area contributed by atoms with E-state index in [2.05, 4.69) is 4.72 Å². The minimum Gasteiger partial charge on any atom is -0.368 e. The Morgan fingerprint density at radius 3 is 2.00 bits per heavy atom. The van der Waals surface area contributed by atoms with Gasteiger partial charge in [0, 0.05) is 0 Å². The van der Waals surface area contributed by atoms with Crippen LogP contribution in [0.15, 0.2) is 34.1 Å². The van der Waals surface area contributed by atoms with Crippen molar-refractivity contribution < 1.29 is 21.6 Å². The number of nitrogens with one attached hydrogen (secondary N) is 1. The van der Waals surface area contributed by atoms with Crippen molar-refractivity contribution in [1.82, 2.24) is 4.72 Å². The second-order valence-electron chi connectivity index (χ2n) is 4.12. The van der Waals surface area contributed by atoms with Gasteiger partial charge in [-0.15, -0.1) is 0 Å². The second kappa shape index (κ2) is 5.90. The van der Waals surface area contributed by atoms with Crippen LogP contribution in [0.25, 0.3) is 0 Å². The predicted octanol–water partition coefficient (Wildman–Crippen LogP) is -0.368. The molecular formula is C11H16N2O5S2. The quantitative estimate of drug-likeness (QED) is 0.740. The van der Waals surface area contributed by atoms with Gasteiger partial charge in [-0.25, -0.2) is 16.8 Å². The summed E-state index contributed by atoms with van der Waals surface area (Å²) in [5.74, 6) is -0.880. The summed E-state index contributed by atoms with van der Waals surface area (Å²) in [4.78, 5) is 10.8. The molecule has 0 aliphatic rings. The standard InChI is InChI=1S/C11H16N2O5S2/c1-3-19(15,16)9-4-6-10(7-5-9)20(17,18)13-8(2)11(12)14/h4-8,13H,3H2,1-2H3,(H2,12,14)/t8-/m1/s1. The largest absolute Gasteiger partial charge is 0.368 e. The van der Waals surface area contributed by atoms with Gasteiger partial charge >= 0.3 is 0 Å². The van der Waals surface area contributed by atoms with Crippen molar-refractivity contribution in [3.63, 3.8) is 0 Å². The third kappa shape index (κ3) is 3.78. The maximum atomic E-state index is 11.9. The van der Waals surface area contributed by atoms with Gasteiger partial charge in [0.1, 0.15) is 0 Å². The molecule has 0 spiro atoms. The SMILES string of the molecule is CCS(=O)(=O)c1ccc(S(=O)(=O)N[C@H](C)C(N)=O)cc1. The highest BCUT2D eigenvalue weighted by molar-refractivity contribution is 7.91. The molecule has 0 aromatic heterocycles. The van der Waals surface area contributed by atoms with Crippen LogP contribution in [0.4, 0.5) is 0 Å². The Morgan fingerprint density at radius 1 is 1.15 bits per heavy atom. The molecule has 1 rings (SSSR count). The maximum Gasteiger partial charge on any atom is 0.241 e. The van der Waals surface area contributed by atoms with Gasteiger partial charge in [0.05, 0.1) is 21.6 Å². The molecule has 0 radical (unpaired) electrons. The van der Waals surface area contributed by atoms with E-state index in [1.54, 1.807) is 0 Å². The van der Waals surface area contributed by atoms with Crippen molar-refractivity contribution in [3.8, 4) is 0 Å². The van der Waals surface area contributed by atoms with Gasteiger partial charge in [0.15, 0.2) is 9.84 Å². The van der Waals surface area contributed by atoms with Crippen LogP contribution in [0.2, 0.25) is 0 Å². The van der Waals surface area contributed by atoms with Crippen molar-refractivity contribution in [1.29, 1.82) is 0 Å². The van der Waals surface area contributed by atoms with Crippen LogP contribution in [0.3, 0.4) is 0 Å². The van der Waals surface area contributed by atoms with Gasteiger partial charge in [-0.3, -0.25) is 4.79 Å². The predicted molar refractivity (Wildman–Crippen MR) is 73.1 cm³/mol. The van der Waals surface area contributed by atoms with E-state index in [4.69, 9.17) is 5.73 Å². The fourth-order valence-electron chi connectivity index (χ4n) is 1.35. The fraction of sp³-hybridized carbons (Fsp3) is 0.364. The zero-order valence-corrected chi connectivity index (χ0v) is 12.7. The van der Waals surface area contributed by atoms with Crippen LogP contribution in [0, 0.1) is 0 Å². The van der Waals surface area contributed by atoms with Crippen molar-refractivity contribution >= 4 is 25.8 Å². The molecular weight excluding hydrogens is 304 g/mol. The highest BCUT2D eigenvalue weighted by atomic mass is 32.2. The number of carbonyl (C=O) groups is 1. The summed E-state index contributed by atoms with van der Waals surface area (Å²) in [7, 11) is -7.31. The molecule has 0 unspecified atom stereocenters. The first-order chi connectivity index (χ1) is 9.10. The molecule has 0 aliphatic carbocycles. The Balaban J connectivity index is 3.08. The average molecular weight is 320 g/mol. The molecule has 0 heterocycles. The van der Waals surface area contributed by atoms with E-state index in [9.17, 15) is 21.6 Å². The van der Waals surface area contributed by atoms with E-state index in [1.165, 1.54) is 38.1 Å². The number of sulfonamides is 1. The van der Waals surface area contributed by atoms with Crippen molar-refractivity contribution in [3.05, 3.63) is 24.3 Å². The lowest BCUT2D eigenvalue weighted by Crippen LogP contribution is -2.42. The summed E-state index contributed by atoms with van der Waals surface area (Å²) < 4.78 is 49.1. The van der Waals surface area contributed by atoms with E-state index >= 15 is 0 Å². The van der Waals surface area contributed by atoms with Crippen LogP contribution in [-0.4, -0.2) is 34.5 Å². The first-order valence-electron chi connectivity index (χ1n) is 5.74.